The van der Waals surface area contributed by atoms with Gasteiger partial charge in [0.15, 0.2) is 0 Å². The average molecular weight is 223 g/mol. The van der Waals surface area contributed by atoms with Crippen molar-refractivity contribution in [1.82, 2.24) is 5.32 Å². The van der Waals surface area contributed by atoms with Crippen LogP contribution in [0.4, 0.5) is 0 Å². The van der Waals surface area contributed by atoms with Gasteiger partial charge in [-0.05, 0) is 5.92 Å². The largest absolute Gasteiger partial charge is 0.380 e. The van der Waals surface area contributed by atoms with E-state index in [4.69, 9.17) is 4.74 Å². The van der Waals surface area contributed by atoms with E-state index in [1.165, 1.54) is 6.26 Å². The summed E-state index contributed by atoms with van der Waals surface area (Å²) < 4.78 is 26.8. The summed E-state index contributed by atoms with van der Waals surface area (Å²) in [6, 6.07) is 0. The lowest BCUT2D eigenvalue weighted by atomic mass is 10.2. The third kappa shape index (κ3) is 11.9. The average Bonchev–Trinajstić information content (AvgIpc) is 2.00. The molecule has 0 rings (SSSR count). The van der Waals surface area contributed by atoms with Crippen molar-refractivity contribution in [2.75, 3.05) is 38.3 Å². The van der Waals surface area contributed by atoms with Crippen molar-refractivity contribution in [1.29, 1.82) is 0 Å². The predicted octanol–water partition coefficient (Wildman–Crippen LogP) is 0.293. The minimum Gasteiger partial charge on any atom is -0.380 e. The Morgan fingerprint density at radius 1 is 1.29 bits per heavy atom. The van der Waals surface area contributed by atoms with Gasteiger partial charge < -0.3 is 10.1 Å². The first-order valence-corrected chi connectivity index (χ1v) is 6.94. The first-order valence-electron chi connectivity index (χ1n) is 4.88. The second-order valence-electron chi connectivity index (χ2n) is 3.85. The Bertz CT molecular complexity index is 224. The highest BCUT2D eigenvalue weighted by atomic mass is 32.2. The van der Waals surface area contributed by atoms with E-state index in [1.54, 1.807) is 0 Å². The molecule has 0 saturated carbocycles. The molecule has 86 valence electrons. The molecule has 0 aromatic carbocycles. The maximum Gasteiger partial charge on any atom is 0.148 e. The third-order valence-electron chi connectivity index (χ3n) is 1.52. The van der Waals surface area contributed by atoms with Crippen LogP contribution in [0.25, 0.3) is 0 Å². The van der Waals surface area contributed by atoms with Crippen LogP contribution in [0.15, 0.2) is 0 Å². The number of hydrogen-bond acceptors (Lipinski definition) is 4. The van der Waals surface area contributed by atoms with Crippen LogP contribution >= 0.6 is 0 Å². The van der Waals surface area contributed by atoms with E-state index in [9.17, 15) is 8.42 Å². The van der Waals surface area contributed by atoms with Crippen molar-refractivity contribution >= 4 is 9.84 Å². The van der Waals surface area contributed by atoms with E-state index in [0.29, 0.717) is 25.6 Å². The van der Waals surface area contributed by atoms with E-state index in [1.807, 2.05) is 0 Å². The van der Waals surface area contributed by atoms with Crippen molar-refractivity contribution in [2.24, 2.45) is 5.92 Å². The number of nitrogens with one attached hydrogen (secondary N) is 1. The Morgan fingerprint density at radius 2 is 1.93 bits per heavy atom. The lowest BCUT2D eigenvalue weighted by Gasteiger charge is -2.07. The Kier molecular flexibility index (Phi) is 7.13. The summed E-state index contributed by atoms with van der Waals surface area (Å²) in [7, 11) is -2.83. The fraction of sp³-hybridized carbons (Fsp3) is 1.00. The quantitative estimate of drug-likeness (QED) is 0.601. The molecule has 0 atom stereocenters. The molecule has 0 fully saturated rings. The van der Waals surface area contributed by atoms with Crippen LogP contribution in [-0.2, 0) is 14.6 Å². The van der Waals surface area contributed by atoms with Crippen LogP contribution in [0.1, 0.15) is 13.8 Å². The summed E-state index contributed by atoms with van der Waals surface area (Å²) in [4.78, 5) is 0. The predicted molar refractivity (Wildman–Crippen MR) is 58.2 cm³/mol. The molecule has 0 amide bonds. The maximum atomic E-state index is 10.7. The van der Waals surface area contributed by atoms with E-state index < -0.39 is 9.84 Å². The zero-order valence-corrected chi connectivity index (χ0v) is 10.1. The molecule has 1 N–H and O–H groups in total. The molecule has 0 aliphatic carbocycles. The summed E-state index contributed by atoms with van der Waals surface area (Å²) in [5.41, 5.74) is 0. The highest BCUT2D eigenvalue weighted by molar-refractivity contribution is 7.90. The third-order valence-corrected chi connectivity index (χ3v) is 2.47. The number of sulfone groups is 1. The van der Waals surface area contributed by atoms with Gasteiger partial charge in [0, 0.05) is 26.0 Å². The van der Waals surface area contributed by atoms with Gasteiger partial charge >= 0.3 is 0 Å². The van der Waals surface area contributed by atoms with Gasteiger partial charge in [0.05, 0.1) is 12.4 Å². The van der Waals surface area contributed by atoms with Crippen LogP contribution in [0.2, 0.25) is 0 Å². The number of rotatable bonds is 8. The van der Waals surface area contributed by atoms with Crippen LogP contribution in [0.5, 0.6) is 0 Å². The molecule has 0 aliphatic rings. The Hall–Kier alpha value is -0.130. The number of ether oxygens (including phenoxy) is 1. The topological polar surface area (TPSA) is 55.4 Å². The first-order chi connectivity index (χ1) is 6.42. The molecule has 5 heteroatoms. The van der Waals surface area contributed by atoms with Gasteiger partial charge in [-0.2, -0.15) is 0 Å². The molecule has 0 saturated heterocycles. The minimum atomic E-state index is -2.83. The van der Waals surface area contributed by atoms with Gasteiger partial charge in [-0.25, -0.2) is 8.42 Å². The Labute approximate surface area is 86.9 Å². The van der Waals surface area contributed by atoms with Crippen LogP contribution in [-0.4, -0.2) is 46.7 Å². The van der Waals surface area contributed by atoms with E-state index in [2.05, 4.69) is 19.2 Å². The molecule has 0 unspecified atom stereocenters. The van der Waals surface area contributed by atoms with Crippen molar-refractivity contribution in [2.45, 2.75) is 13.8 Å². The van der Waals surface area contributed by atoms with Gasteiger partial charge in [-0.15, -0.1) is 0 Å². The first kappa shape index (κ1) is 13.9. The Morgan fingerprint density at radius 3 is 2.43 bits per heavy atom. The van der Waals surface area contributed by atoms with Gasteiger partial charge in [0.2, 0.25) is 0 Å². The van der Waals surface area contributed by atoms with Crippen molar-refractivity contribution in [3.63, 3.8) is 0 Å². The summed E-state index contributed by atoms with van der Waals surface area (Å²) in [5.74, 6) is 0.739. The van der Waals surface area contributed by atoms with Crippen LogP contribution in [0.3, 0.4) is 0 Å². The SMILES string of the molecule is CC(C)COCCNCCS(C)(=O)=O. The van der Waals surface area contributed by atoms with E-state index in [-0.39, 0.29) is 5.75 Å². The molecule has 0 radical (unpaired) electrons. The lowest BCUT2D eigenvalue weighted by molar-refractivity contribution is 0.112. The molecular formula is C9H21NO3S. The molecule has 4 nitrogen and oxygen atoms in total. The van der Waals surface area contributed by atoms with Crippen molar-refractivity contribution in [3.8, 4) is 0 Å². The van der Waals surface area contributed by atoms with Crippen molar-refractivity contribution < 1.29 is 13.2 Å². The monoisotopic (exact) mass is 223 g/mol. The van der Waals surface area contributed by atoms with E-state index >= 15 is 0 Å². The Balaban J connectivity index is 3.15. The number of hydrogen-bond donors (Lipinski definition) is 1. The highest BCUT2D eigenvalue weighted by Crippen LogP contribution is 1.90. The summed E-state index contributed by atoms with van der Waals surface area (Å²) in [5, 5.41) is 3.01. The minimum absolute atomic E-state index is 0.192. The zero-order valence-electron chi connectivity index (χ0n) is 9.25. The molecule has 0 aliphatic heterocycles. The van der Waals surface area contributed by atoms with Gasteiger partial charge in [0.25, 0.3) is 0 Å². The zero-order chi connectivity index (χ0) is 11.0. The smallest absolute Gasteiger partial charge is 0.148 e. The normalized spacial score (nSPS) is 12.3. The fourth-order valence-corrected chi connectivity index (χ4v) is 1.36. The van der Waals surface area contributed by atoms with Gasteiger partial charge in [0.1, 0.15) is 9.84 Å². The summed E-state index contributed by atoms with van der Waals surface area (Å²) >= 11 is 0. The standard InChI is InChI=1S/C9H21NO3S/c1-9(2)8-13-6-4-10-5-7-14(3,11)12/h9-10H,4-8H2,1-3H3. The molecular weight excluding hydrogens is 202 g/mol. The molecule has 0 heterocycles. The lowest BCUT2D eigenvalue weighted by Crippen LogP contribution is -2.26. The van der Waals surface area contributed by atoms with Crippen molar-refractivity contribution in [3.05, 3.63) is 0 Å². The van der Waals surface area contributed by atoms with Gasteiger partial charge in [-0.1, -0.05) is 13.8 Å². The fourth-order valence-electron chi connectivity index (χ4n) is 0.846. The molecule has 0 aromatic rings. The highest BCUT2D eigenvalue weighted by Gasteiger charge is 2.00. The van der Waals surface area contributed by atoms with Crippen LogP contribution in [0, 0.1) is 5.92 Å². The maximum absolute atomic E-state index is 10.7. The summed E-state index contributed by atoms with van der Waals surface area (Å²) in [6.45, 7) is 6.80. The molecule has 0 bridgehead atoms. The van der Waals surface area contributed by atoms with Crippen LogP contribution < -0.4 is 5.32 Å². The van der Waals surface area contributed by atoms with E-state index in [0.717, 1.165) is 6.61 Å². The second-order valence-corrected chi connectivity index (χ2v) is 6.11. The van der Waals surface area contributed by atoms with Gasteiger partial charge in [-0.3, -0.25) is 0 Å². The molecule has 0 aromatic heterocycles. The molecule has 14 heavy (non-hydrogen) atoms. The summed E-state index contributed by atoms with van der Waals surface area (Å²) in [6.07, 6.45) is 1.24. The molecule has 0 spiro atoms. The second kappa shape index (κ2) is 7.20.